The lowest BCUT2D eigenvalue weighted by Gasteiger charge is -2.14. The maximum absolute atomic E-state index is 12.6. The van der Waals surface area contributed by atoms with Crippen LogP contribution in [0.15, 0.2) is 59.9 Å². The van der Waals surface area contributed by atoms with Gasteiger partial charge < -0.3 is 10.1 Å². The highest BCUT2D eigenvalue weighted by Crippen LogP contribution is 2.18. The van der Waals surface area contributed by atoms with Crippen LogP contribution in [0.2, 0.25) is 0 Å². The van der Waals surface area contributed by atoms with E-state index in [0.29, 0.717) is 12.2 Å². The molecule has 3 rings (SSSR count). The van der Waals surface area contributed by atoms with Gasteiger partial charge in [0.1, 0.15) is 11.8 Å². The van der Waals surface area contributed by atoms with Crippen LogP contribution in [0.3, 0.4) is 0 Å². The summed E-state index contributed by atoms with van der Waals surface area (Å²) in [4.78, 5) is 33.0. The standard InChI is InChI=1S/C19H19N5O3/c1-3-24-18(25)16(22-15-5-4-8-21-12-15)11-17(23-24)19(26)27-13(2)14-6-9-20-10-7-14/h4-13,22H,3H2,1-2H3. The maximum atomic E-state index is 12.6. The zero-order valence-corrected chi connectivity index (χ0v) is 15.0. The number of aromatic nitrogens is 4. The van der Waals surface area contributed by atoms with Gasteiger partial charge in [-0.2, -0.15) is 5.10 Å². The van der Waals surface area contributed by atoms with Crippen molar-refractivity contribution < 1.29 is 9.53 Å². The summed E-state index contributed by atoms with van der Waals surface area (Å²) in [6.45, 7) is 3.86. The van der Waals surface area contributed by atoms with Gasteiger partial charge >= 0.3 is 5.97 Å². The number of nitrogens with one attached hydrogen (secondary N) is 1. The predicted octanol–water partition coefficient (Wildman–Crippen LogP) is 2.71. The molecule has 0 bridgehead atoms. The number of carbonyl (C=O) groups excluding carboxylic acids is 1. The topological polar surface area (TPSA) is 99.0 Å². The van der Waals surface area contributed by atoms with Crippen molar-refractivity contribution in [2.45, 2.75) is 26.5 Å². The molecule has 0 fully saturated rings. The van der Waals surface area contributed by atoms with E-state index in [0.717, 1.165) is 5.56 Å². The summed E-state index contributed by atoms with van der Waals surface area (Å²) in [5, 5.41) is 7.08. The van der Waals surface area contributed by atoms with Crippen LogP contribution < -0.4 is 10.9 Å². The van der Waals surface area contributed by atoms with Crippen molar-refractivity contribution in [3.05, 3.63) is 76.7 Å². The highest BCUT2D eigenvalue weighted by atomic mass is 16.5. The zero-order valence-electron chi connectivity index (χ0n) is 15.0. The molecule has 3 aromatic heterocycles. The molecule has 0 amide bonds. The third kappa shape index (κ3) is 4.35. The largest absolute Gasteiger partial charge is 0.453 e. The Hall–Kier alpha value is -3.55. The number of hydrogen-bond acceptors (Lipinski definition) is 7. The first-order valence-corrected chi connectivity index (χ1v) is 8.48. The Morgan fingerprint density at radius 2 is 2.00 bits per heavy atom. The minimum absolute atomic E-state index is 0.0451. The summed E-state index contributed by atoms with van der Waals surface area (Å²) in [7, 11) is 0. The molecule has 3 aromatic rings. The smallest absolute Gasteiger partial charge is 0.359 e. The van der Waals surface area contributed by atoms with Crippen LogP contribution in [0, 0.1) is 0 Å². The van der Waals surface area contributed by atoms with Crippen molar-refractivity contribution in [2.24, 2.45) is 0 Å². The van der Waals surface area contributed by atoms with Gasteiger partial charge in [0.2, 0.25) is 0 Å². The highest BCUT2D eigenvalue weighted by Gasteiger charge is 2.18. The molecule has 0 saturated carbocycles. The molecule has 27 heavy (non-hydrogen) atoms. The second kappa shape index (κ2) is 8.22. The molecule has 8 nitrogen and oxygen atoms in total. The van der Waals surface area contributed by atoms with E-state index in [-0.39, 0.29) is 16.9 Å². The average molecular weight is 365 g/mol. The van der Waals surface area contributed by atoms with E-state index in [2.05, 4.69) is 20.4 Å². The SMILES string of the molecule is CCn1nc(C(=O)OC(C)c2ccncc2)cc(Nc2cccnc2)c1=O. The van der Waals surface area contributed by atoms with E-state index in [9.17, 15) is 9.59 Å². The lowest BCUT2D eigenvalue weighted by Crippen LogP contribution is -2.27. The van der Waals surface area contributed by atoms with Gasteiger partial charge in [0.25, 0.3) is 5.56 Å². The fourth-order valence-electron chi connectivity index (χ4n) is 2.46. The molecule has 1 N–H and O–H groups in total. The molecule has 0 aromatic carbocycles. The van der Waals surface area contributed by atoms with Gasteiger partial charge in [0.15, 0.2) is 5.69 Å². The molecule has 8 heteroatoms. The Balaban J connectivity index is 1.87. The van der Waals surface area contributed by atoms with Gasteiger partial charge in [0, 0.05) is 31.2 Å². The summed E-state index contributed by atoms with van der Waals surface area (Å²) in [6, 6.07) is 8.45. The normalized spacial score (nSPS) is 11.6. The van der Waals surface area contributed by atoms with Crippen LogP contribution in [-0.2, 0) is 11.3 Å². The van der Waals surface area contributed by atoms with Gasteiger partial charge in [0.05, 0.1) is 11.9 Å². The summed E-state index contributed by atoms with van der Waals surface area (Å²) in [5.41, 5.74) is 1.39. The van der Waals surface area contributed by atoms with Crippen molar-refractivity contribution in [1.82, 2.24) is 19.7 Å². The summed E-state index contributed by atoms with van der Waals surface area (Å²) in [6.07, 6.45) is 6.00. The fraction of sp³-hybridized carbons (Fsp3) is 0.211. The third-order valence-corrected chi connectivity index (χ3v) is 3.88. The van der Waals surface area contributed by atoms with Crippen molar-refractivity contribution in [2.75, 3.05) is 5.32 Å². The second-order valence-electron chi connectivity index (χ2n) is 5.76. The molecule has 3 heterocycles. The van der Waals surface area contributed by atoms with Crippen molar-refractivity contribution in [3.63, 3.8) is 0 Å². The van der Waals surface area contributed by atoms with Crippen LogP contribution in [0.1, 0.15) is 36.0 Å². The van der Waals surface area contributed by atoms with E-state index in [1.807, 2.05) is 0 Å². The first-order chi connectivity index (χ1) is 13.1. The number of ether oxygens (including phenoxy) is 1. The number of nitrogens with zero attached hydrogens (tertiary/aromatic N) is 4. The lowest BCUT2D eigenvalue weighted by molar-refractivity contribution is 0.0327. The molecule has 0 radical (unpaired) electrons. The van der Waals surface area contributed by atoms with E-state index in [4.69, 9.17) is 4.74 Å². The third-order valence-electron chi connectivity index (χ3n) is 3.88. The van der Waals surface area contributed by atoms with Crippen LogP contribution in [-0.4, -0.2) is 25.7 Å². The van der Waals surface area contributed by atoms with Gasteiger partial charge in [-0.25, -0.2) is 9.48 Å². The fourth-order valence-corrected chi connectivity index (χ4v) is 2.46. The number of hydrogen-bond donors (Lipinski definition) is 1. The monoisotopic (exact) mass is 365 g/mol. The molecule has 138 valence electrons. The first kappa shape index (κ1) is 18.2. The Kier molecular flexibility index (Phi) is 5.55. The van der Waals surface area contributed by atoms with Crippen molar-refractivity contribution >= 4 is 17.3 Å². The van der Waals surface area contributed by atoms with Gasteiger partial charge in [-0.15, -0.1) is 0 Å². The second-order valence-corrected chi connectivity index (χ2v) is 5.76. The zero-order chi connectivity index (χ0) is 19.2. The van der Waals surface area contributed by atoms with E-state index >= 15 is 0 Å². The number of esters is 1. The van der Waals surface area contributed by atoms with Gasteiger partial charge in [-0.1, -0.05) is 0 Å². The van der Waals surface area contributed by atoms with Crippen LogP contribution in [0.5, 0.6) is 0 Å². The Labute approximate surface area is 155 Å². The molecule has 0 aliphatic rings. The summed E-state index contributed by atoms with van der Waals surface area (Å²) in [5.74, 6) is -0.615. The Morgan fingerprint density at radius 3 is 2.67 bits per heavy atom. The summed E-state index contributed by atoms with van der Waals surface area (Å²) >= 11 is 0. The highest BCUT2D eigenvalue weighted by molar-refractivity contribution is 5.88. The first-order valence-electron chi connectivity index (χ1n) is 8.48. The molecular formula is C19H19N5O3. The molecule has 0 aliphatic heterocycles. The van der Waals surface area contributed by atoms with Gasteiger partial charge in [-0.3, -0.25) is 14.8 Å². The maximum Gasteiger partial charge on any atom is 0.359 e. The van der Waals surface area contributed by atoms with Gasteiger partial charge in [-0.05, 0) is 43.7 Å². The Morgan fingerprint density at radius 1 is 1.22 bits per heavy atom. The minimum Gasteiger partial charge on any atom is -0.453 e. The molecule has 0 aliphatic carbocycles. The average Bonchev–Trinajstić information content (AvgIpc) is 2.70. The molecule has 0 saturated heterocycles. The molecular weight excluding hydrogens is 346 g/mol. The van der Waals surface area contributed by atoms with E-state index in [1.54, 1.807) is 62.9 Å². The lowest BCUT2D eigenvalue weighted by atomic mass is 10.2. The van der Waals surface area contributed by atoms with Crippen molar-refractivity contribution in [3.8, 4) is 0 Å². The number of rotatable bonds is 6. The number of anilines is 2. The summed E-state index contributed by atoms with van der Waals surface area (Å²) < 4.78 is 6.70. The Bertz CT molecular complexity index is 974. The van der Waals surface area contributed by atoms with Crippen molar-refractivity contribution in [1.29, 1.82) is 0 Å². The number of pyridine rings is 2. The van der Waals surface area contributed by atoms with E-state index in [1.165, 1.54) is 10.7 Å². The minimum atomic E-state index is -0.615. The van der Waals surface area contributed by atoms with Crippen LogP contribution in [0.4, 0.5) is 11.4 Å². The molecule has 1 atom stereocenters. The molecule has 0 spiro atoms. The van der Waals surface area contributed by atoms with Crippen LogP contribution >= 0.6 is 0 Å². The van der Waals surface area contributed by atoms with E-state index < -0.39 is 12.1 Å². The van der Waals surface area contributed by atoms with Crippen LogP contribution in [0.25, 0.3) is 0 Å². The quantitative estimate of drug-likeness (QED) is 0.671. The number of aryl methyl sites for hydroxylation is 1. The molecule has 1 unspecified atom stereocenters. The number of carbonyl (C=O) groups is 1. The predicted molar refractivity (Wildman–Crippen MR) is 99.8 cm³/mol.